The molecule has 0 radical (unpaired) electrons. The van der Waals surface area contributed by atoms with Gasteiger partial charge in [0.05, 0.1) is 24.5 Å². The Morgan fingerprint density at radius 1 is 1.14 bits per heavy atom. The van der Waals surface area contributed by atoms with Crippen LogP contribution in [0.25, 0.3) is 0 Å². The van der Waals surface area contributed by atoms with Crippen molar-refractivity contribution >= 4 is 17.6 Å². The number of carbonyl (C=O) groups is 2. The lowest BCUT2D eigenvalue weighted by atomic mass is 10.1. The van der Waals surface area contributed by atoms with Gasteiger partial charge in [-0.05, 0) is 19.9 Å². The molecular formula is C16H17NO5. The van der Waals surface area contributed by atoms with Gasteiger partial charge < -0.3 is 14.2 Å². The van der Waals surface area contributed by atoms with Crippen molar-refractivity contribution in [2.75, 3.05) is 11.5 Å². The largest absolute Gasteiger partial charge is 0.464 e. The molecule has 0 aromatic heterocycles. The first-order valence-electron chi connectivity index (χ1n) is 7.50. The number of fused-ring (bicyclic) bond motifs is 2. The molecule has 4 rings (SSSR count). The molecule has 6 nitrogen and oxygen atoms in total. The van der Waals surface area contributed by atoms with Crippen LogP contribution in [0.15, 0.2) is 24.3 Å². The van der Waals surface area contributed by atoms with Gasteiger partial charge in [0, 0.05) is 12.0 Å². The summed E-state index contributed by atoms with van der Waals surface area (Å²) in [5.41, 5.74) is 1.33. The van der Waals surface area contributed by atoms with Crippen LogP contribution < -0.4 is 4.90 Å². The second-order valence-corrected chi connectivity index (χ2v) is 5.93. The number of carbonyl (C=O) groups excluding carboxylic acids is 2. The lowest BCUT2D eigenvalue weighted by Gasteiger charge is -2.25. The maximum atomic E-state index is 13.1. The van der Waals surface area contributed by atoms with Crippen molar-refractivity contribution < 1.29 is 23.8 Å². The molecule has 1 amide bonds. The van der Waals surface area contributed by atoms with E-state index < -0.39 is 11.8 Å². The van der Waals surface area contributed by atoms with Gasteiger partial charge in [0.1, 0.15) is 6.04 Å². The van der Waals surface area contributed by atoms with Crippen LogP contribution in [-0.4, -0.2) is 36.7 Å². The number of hydrogen-bond donors (Lipinski definition) is 0. The van der Waals surface area contributed by atoms with Gasteiger partial charge in [0.15, 0.2) is 0 Å². The molecule has 4 atom stereocenters. The van der Waals surface area contributed by atoms with E-state index >= 15 is 0 Å². The summed E-state index contributed by atoms with van der Waals surface area (Å²) in [6.07, 6.45) is 0.0834. The van der Waals surface area contributed by atoms with E-state index in [1.54, 1.807) is 0 Å². The zero-order valence-corrected chi connectivity index (χ0v) is 12.4. The number of ether oxygens (including phenoxy) is 3. The molecule has 2 fully saturated rings. The third-order valence-corrected chi connectivity index (χ3v) is 4.60. The van der Waals surface area contributed by atoms with Gasteiger partial charge >= 0.3 is 5.97 Å². The van der Waals surface area contributed by atoms with Crippen molar-refractivity contribution in [3.63, 3.8) is 0 Å². The number of cyclic esters (lactones) is 1. The Labute approximate surface area is 127 Å². The van der Waals surface area contributed by atoms with E-state index in [2.05, 4.69) is 0 Å². The smallest absolute Gasteiger partial charge is 0.329 e. The van der Waals surface area contributed by atoms with Gasteiger partial charge in [-0.25, -0.2) is 4.79 Å². The molecule has 0 aliphatic carbocycles. The van der Waals surface area contributed by atoms with Crippen LogP contribution in [0.1, 0.15) is 25.8 Å². The Morgan fingerprint density at radius 3 is 2.45 bits per heavy atom. The fourth-order valence-corrected chi connectivity index (χ4v) is 3.35. The molecule has 3 aliphatic rings. The van der Waals surface area contributed by atoms with E-state index in [1.807, 2.05) is 38.1 Å². The molecule has 1 aromatic rings. The summed E-state index contributed by atoms with van der Waals surface area (Å²) in [4.78, 5) is 26.5. The Kier molecular flexibility index (Phi) is 2.83. The molecule has 0 saturated carbocycles. The summed E-state index contributed by atoms with van der Waals surface area (Å²) in [6, 6.07) is 6.70. The molecule has 0 bridgehead atoms. The first-order chi connectivity index (χ1) is 10.5. The quantitative estimate of drug-likeness (QED) is 0.732. The number of nitrogens with zero attached hydrogens (tertiary/aromatic N) is 1. The second-order valence-electron chi connectivity index (χ2n) is 5.93. The van der Waals surface area contributed by atoms with Gasteiger partial charge in [-0.2, -0.15) is 0 Å². The van der Waals surface area contributed by atoms with Crippen LogP contribution in [-0.2, 0) is 29.6 Å². The van der Waals surface area contributed by atoms with Crippen molar-refractivity contribution in [3.05, 3.63) is 29.8 Å². The van der Waals surface area contributed by atoms with E-state index in [1.165, 1.54) is 4.90 Å². The first kappa shape index (κ1) is 13.7. The van der Waals surface area contributed by atoms with E-state index in [-0.39, 0.29) is 24.1 Å². The van der Waals surface area contributed by atoms with Crippen molar-refractivity contribution in [1.29, 1.82) is 0 Å². The van der Waals surface area contributed by atoms with Crippen molar-refractivity contribution in [2.45, 2.75) is 44.3 Å². The number of hydrogen-bond acceptors (Lipinski definition) is 5. The van der Waals surface area contributed by atoms with Gasteiger partial charge in [-0.3, -0.25) is 9.69 Å². The molecule has 2 saturated heterocycles. The average molecular weight is 303 g/mol. The minimum atomic E-state index is -1.43. The van der Waals surface area contributed by atoms with Crippen LogP contribution in [0, 0.1) is 0 Å². The molecule has 6 heteroatoms. The number of amides is 1. The summed E-state index contributed by atoms with van der Waals surface area (Å²) >= 11 is 0. The predicted molar refractivity (Wildman–Crippen MR) is 76.1 cm³/mol. The lowest BCUT2D eigenvalue weighted by Crippen LogP contribution is -2.47. The van der Waals surface area contributed by atoms with E-state index in [4.69, 9.17) is 14.2 Å². The third kappa shape index (κ3) is 1.62. The van der Waals surface area contributed by atoms with Crippen LogP contribution in [0.3, 0.4) is 0 Å². The summed E-state index contributed by atoms with van der Waals surface area (Å²) < 4.78 is 16.9. The molecule has 1 spiro atoms. The summed E-state index contributed by atoms with van der Waals surface area (Å²) in [7, 11) is 0. The fourth-order valence-electron chi connectivity index (χ4n) is 3.35. The zero-order chi connectivity index (χ0) is 15.5. The monoisotopic (exact) mass is 303 g/mol. The van der Waals surface area contributed by atoms with Gasteiger partial charge in [-0.15, -0.1) is 0 Å². The number of para-hydroxylation sites is 1. The number of esters is 1. The highest BCUT2D eigenvalue weighted by Crippen LogP contribution is 2.49. The normalized spacial score (nSPS) is 37.0. The molecule has 1 aromatic carbocycles. The van der Waals surface area contributed by atoms with Crippen LogP contribution >= 0.6 is 0 Å². The van der Waals surface area contributed by atoms with E-state index in [9.17, 15) is 9.59 Å². The first-order valence-corrected chi connectivity index (χ1v) is 7.50. The molecule has 0 N–H and O–H groups in total. The molecule has 22 heavy (non-hydrogen) atoms. The fraction of sp³-hybridized carbons (Fsp3) is 0.500. The Hall–Kier alpha value is -1.92. The van der Waals surface area contributed by atoms with E-state index in [0.29, 0.717) is 24.3 Å². The number of benzene rings is 1. The Bertz CT molecular complexity index is 648. The molecular weight excluding hydrogens is 286 g/mol. The Balaban J connectivity index is 1.84. The minimum Gasteiger partial charge on any atom is -0.464 e. The summed E-state index contributed by atoms with van der Waals surface area (Å²) in [5, 5.41) is 0. The highest BCUT2D eigenvalue weighted by Gasteiger charge is 2.61. The molecule has 3 heterocycles. The van der Waals surface area contributed by atoms with Gasteiger partial charge in [-0.1, -0.05) is 18.2 Å². The summed E-state index contributed by atoms with van der Waals surface area (Å²) in [6.45, 7) is 4.08. The highest BCUT2D eigenvalue weighted by molar-refractivity contribution is 6.10. The molecule has 3 aliphatic heterocycles. The lowest BCUT2D eigenvalue weighted by molar-refractivity contribution is -0.189. The standard InChI is InChI=1S/C16H17NO5/c1-9-10(2)22-16(21-9)11-5-3-4-6-12(11)17(15(16)19)13-7-8-20-14(13)18/h3-6,9-10,13H,7-8H2,1-2H3/t9-,10+,13-,16?/m1/s1. The molecule has 116 valence electrons. The number of anilines is 1. The Morgan fingerprint density at radius 2 is 1.82 bits per heavy atom. The maximum absolute atomic E-state index is 13.1. The van der Waals surface area contributed by atoms with Crippen molar-refractivity contribution in [3.8, 4) is 0 Å². The maximum Gasteiger partial charge on any atom is 0.329 e. The topological polar surface area (TPSA) is 65.1 Å². The zero-order valence-electron chi connectivity index (χ0n) is 12.4. The third-order valence-electron chi connectivity index (χ3n) is 4.60. The van der Waals surface area contributed by atoms with Gasteiger partial charge in [0.2, 0.25) is 0 Å². The van der Waals surface area contributed by atoms with Crippen LogP contribution in [0.2, 0.25) is 0 Å². The van der Waals surface area contributed by atoms with Crippen LogP contribution in [0.4, 0.5) is 5.69 Å². The van der Waals surface area contributed by atoms with Crippen LogP contribution in [0.5, 0.6) is 0 Å². The molecule has 1 unspecified atom stereocenters. The second kappa shape index (κ2) is 4.54. The van der Waals surface area contributed by atoms with Gasteiger partial charge in [0.25, 0.3) is 11.7 Å². The van der Waals surface area contributed by atoms with Crippen molar-refractivity contribution in [1.82, 2.24) is 0 Å². The summed E-state index contributed by atoms with van der Waals surface area (Å²) in [5.74, 6) is -2.15. The average Bonchev–Trinajstić information content (AvgIpc) is 3.11. The SMILES string of the molecule is C[C@@H]1OC2(O[C@@H]1C)C(=O)N([C@@H]1CCOC1=O)c1ccccc12. The highest BCUT2D eigenvalue weighted by atomic mass is 16.8. The number of rotatable bonds is 1. The predicted octanol–water partition coefficient (Wildman–Crippen LogP) is 1.33. The minimum absolute atomic E-state index is 0.201. The van der Waals surface area contributed by atoms with Crippen molar-refractivity contribution in [2.24, 2.45) is 0 Å². The van der Waals surface area contributed by atoms with E-state index in [0.717, 1.165) is 0 Å².